The van der Waals surface area contributed by atoms with Gasteiger partial charge in [0, 0.05) is 20.2 Å². The number of carbonyl (C=O) groups is 3. The van der Waals surface area contributed by atoms with Gasteiger partial charge in [-0.2, -0.15) is 0 Å². The van der Waals surface area contributed by atoms with Crippen LogP contribution >= 0.6 is 12.2 Å². The Morgan fingerprint density at radius 1 is 1.26 bits per heavy atom. The van der Waals surface area contributed by atoms with Crippen molar-refractivity contribution in [1.29, 1.82) is 0 Å². The molecular weight excluding hydrogens is 370 g/mol. The van der Waals surface area contributed by atoms with E-state index >= 15 is 0 Å². The number of thiocarbonyl (C=S) groups is 1. The topological polar surface area (TPSA) is 103 Å². The zero-order valence-electron chi connectivity index (χ0n) is 14.4. The van der Waals surface area contributed by atoms with E-state index in [0.29, 0.717) is 11.6 Å². The van der Waals surface area contributed by atoms with E-state index in [-0.39, 0.29) is 21.9 Å². The smallest absolute Gasteiger partial charge is 0.335 e. The molecule has 1 aromatic heterocycles. The van der Waals surface area contributed by atoms with E-state index in [0.717, 1.165) is 4.90 Å². The first kappa shape index (κ1) is 18.3. The lowest BCUT2D eigenvalue weighted by atomic mass is 10.1. The van der Waals surface area contributed by atoms with Gasteiger partial charge in [0.05, 0.1) is 11.3 Å². The normalized spacial score (nSPS) is 15.9. The van der Waals surface area contributed by atoms with Crippen LogP contribution < -0.4 is 15.1 Å². The van der Waals surface area contributed by atoms with Gasteiger partial charge in [-0.25, -0.2) is 4.79 Å². The standard InChI is InChI=1S/C18H15N3O5S/c1-20(2)14-7-6-12(26-14)9-13-15(22)19-18(27)21(16(13)23)11-5-3-4-10(8-11)17(24)25/h3-9H,1-2H3,(H,24,25)(H,19,22,27). The Morgan fingerprint density at radius 3 is 2.63 bits per heavy atom. The first-order valence-corrected chi connectivity index (χ1v) is 8.20. The fourth-order valence-corrected chi connectivity index (χ4v) is 2.75. The molecule has 3 rings (SSSR count). The molecule has 138 valence electrons. The number of rotatable bonds is 4. The van der Waals surface area contributed by atoms with Gasteiger partial charge in [0.25, 0.3) is 11.8 Å². The maximum Gasteiger partial charge on any atom is 0.335 e. The molecule has 0 aliphatic carbocycles. The molecule has 2 N–H and O–H groups in total. The second-order valence-corrected chi connectivity index (χ2v) is 6.27. The Balaban J connectivity index is 1.99. The Hall–Kier alpha value is -3.46. The third-order valence-corrected chi connectivity index (χ3v) is 4.08. The second-order valence-electron chi connectivity index (χ2n) is 5.88. The van der Waals surface area contributed by atoms with Crippen molar-refractivity contribution in [3.05, 3.63) is 53.3 Å². The molecule has 2 amide bonds. The van der Waals surface area contributed by atoms with E-state index in [2.05, 4.69) is 5.32 Å². The third kappa shape index (κ3) is 3.58. The van der Waals surface area contributed by atoms with Crippen molar-refractivity contribution >= 4 is 52.8 Å². The summed E-state index contributed by atoms with van der Waals surface area (Å²) in [5, 5.41) is 11.5. The molecular formula is C18H15N3O5S. The van der Waals surface area contributed by atoms with E-state index in [1.807, 2.05) is 0 Å². The van der Waals surface area contributed by atoms with Gasteiger partial charge in [0.2, 0.25) is 0 Å². The zero-order valence-corrected chi connectivity index (χ0v) is 15.2. The van der Waals surface area contributed by atoms with Gasteiger partial charge in [0.15, 0.2) is 11.0 Å². The molecule has 2 heterocycles. The second kappa shape index (κ2) is 7.04. The lowest BCUT2D eigenvalue weighted by Gasteiger charge is -2.28. The molecule has 1 aliphatic heterocycles. The number of nitrogens with zero attached hydrogens (tertiary/aromatic N) is 2. The Morgan fingerprint density at radius 2 is 2.00 bits per heavy atom. The van der Waals surface area contributed by atoms with Crippen LogP contribution in [0.4, 0.5) is 11.6 Å². The number of carbonyl (C=O) groups excluding carboxylic acids is 2. The number of hydrogen-bond donors (Lipinski definition) is 2. The fraction of sp³-hybridized carbons (Fsp3) is 0.111. The quantitative estimate of drug-likeness (QED) is 0.470. The SMILES string of the molecule is CN(C)c1ccc(C=C2C(=O)NC(=S)N(c3cccc(C(=O)O)c3)C2=O)o1. The van der Waals surface area contributed by atoms with Gasteiger partial charge in [0.1, 0.15) is 11.3 Å². The molecule has 0 spiro atoms. The number of anilines is 2. The lowest BCUT2D eigenvalue weighted by molar-refractivity contribution is -0.122. The van der Waals surface area contributed by atoms with E-state index in [1.165, 1.54) is 30.3 Å². The highest BCUT2D eigenvalue weighted by Crippen LogP contribution is 2.24. The molecule has 2 aromatic rings. The predicted molar refractivity (Wildman–Crippen MR) is 103 cm³/mol. The Kier molecular flexibility index (Phi) is 4.78. The molecule has 27 heavy (non-hydrogen) atoms. The highest BCUT2D eigenvalue weighted by Gasteiger charge is 2.35. The molecule has 0 bridgehead atoms. The predicted octanol–water partition coefficient (Wildman–Crippen LogP) is 1.88. The maximum absolute atomic E-state index is 12.9. The van der Waals surface area contributed by atoms with Gasteiger partial charge in [-0.3, -0.25) is 19.8 Å². The number of aromatic carboxylic acids is 1. The van der Waals surface area contributed by atoms with Crippen LogP contribution in [0.3, 0.4) is 0 Å². The van der Waals surface area contributed by atoms with Crippen molar-refractivity contribution in [1.82, 2.24) is 5.32 Å². The highest BCUT2D eigenvalue weighted by atomic mass is 32.1. The first-order valence-electron chi connectivity index (χ1n) is 7.80. The van der Waals surface area contributed by atoms with Crippen LogP contribution in [-0.4, -0.2) is 42.1 Å². The lowest BCUT2D eigenvalue weighted by Crippen LogP contribution is -2.54. The van der Waals surface area contributed by atoms with E-state index in [9.17, 15) is 14.4 Å². The van der Waals surface area contributed by atoms with Gasteiger partial charge in [-0.05, 0) is 42.6 Å². The molecule has 1 aliphatic rings. The van der Waals surface area contributed by atoms with Crippen LogP contribution in [0.25, 0.3) is 6.08 Å². The molecule has 1 fully saturated rings. The van der Waals surface area contributed by atoms with Crippen molar-refractivity contribution in [3.63, 3.8) is 0 Å². The van der Waals surface area contributed by atoms with Crippen molar-refractivity contribution in [2.75, 3.05) is 23.9 Å². The summed E-state index contributed by atoms with van der Waals surface area (Å²) in [5.41, 5.74) is 0.0559. The van der Waals surface area contributed by atoms with Crippen molar-refractivity contribution in [2.45, 2.75) is 0 Å². The van der Waals surface area contributed by atoms with Gasteiger partial charge in [-0.15, -0.1) is 0 Å². The summed E-state index contributed by atoms with van der Waals surface area (Å²) in [4.78, 5) is 39.1. The average molecular weight is 385 g/mol. The largest absolute Gasteiger partial charge is 0.478 e. The molecule has 1 aromatic carbocycles. The van der Waals surface area contributed by atoms with Crippen LogP contribution in [0.1, 0.15) is 16.1 Å². The van der Waals surface area contributed by atoms with Crippen LogP contribution in [-0.2, 0) is 9.59 Å². The summed E-state index contributed by atoms with van der Waals surface area (Å²) in [6, 6.07) is 9.05. The molecule has 1 saturated heterocycles. The summed E-state index contributed by atoms with van der Waals surface area (Å²) in [6.07, 6.45) is 1.32. The summed E-state index contributed by atoms with van der Waals surface area (Å²) in [5.74, 6) is -1.58. The first-order chi connectivity index (χ1) is 12.8. The van der Waals surface area contributed by atoms with Crippen LogP contribution in [0, 0.1) is 0 Å². The summed E-state index contributed by atoms with van der Waals surface area (Å²) in [7, 11) is 3.59. The Bertz CT molecular complexity index is 992. The molecule has 0 unspecified atom stereocenters. The number of benzene rings is 1. The third-order valence-electron chi connectivity index (χ3n) is 3.79. The number of hydrogen-bond acceptors (Lipinski definition) is 6. The summed E-state index contributed by atoms with van der Waals surface area (Å²) in [6.45, 7) is 0. The van der Waals surface area contributed by atoms with E-state index < -0.39 is 17.8 Å². The van der Waals surface area contributed by atoms with Gasteiger partial charge >= 0.3 is 5.97 Å². The van der Waals surface area contributed by atoms with Crippen molar-refractivity contribution < 1.29 is 23.9 Å². The minimum Gasteiger partial charge on any atom is -0.478 e. The van der Waals surface area contributed by atoms with E-state index in [4.69, 9.17) is 21.7 Å². The maximum atomic E-state index is 12.9. The van der Waals surface area contributed by atoms with Gasteiger partial charge < -0.3 is 14.4 Å². The number of carboxylic acid groups (broad SMARTS) is 1. The summed E-state index contributed by atoms with van der Waals surface area (Å²) < 4.78 is 5.55. The van der Waals surface area contributed by atoms with Crippen LogP contribution in [0.5, 0.6) is 0 Å². The molecule has 0 saturated carbocycles. The highest BCUT2D eigenvalue weighted by molar-refractivity contribution is 7.80. The molecule has 0 radical (unpaired) electrons. The number of carboxylic acids is 1. The minimum absolute atomic E-state index is 0.00723. The fourth-order valence-electron chi connectivity index (χ4n) is 2.47. The monoisotopic (exact) mass is 385 g/mol. The average Bonchev–Trinajstić information content (AvgIpc) is 3.08. The van der Waals surface area contributed by atoms with Crippen molar-refractivity contribution in [2.24, 2.45) is 0 Å². The van der Waals surface area contributed by atoms with Gasteiger partial charge in [-0.1, -0.05) is 6.07 Å². The molecule has 8 nitrogen and oxygen atoms in total. The van der Waals surface area contributed by atoms with E-state index in [1.54, 1.807) is 31.1 Å². The van der Waals surface area contributed by atoms with Crippen LogP contribution in [0.15, 0.2) is 46.4 Å². The van der Waals surface area contributed by atoms with Crippen molar-refractivity contribution in [3.8, 4) is 0 Å². The number of furan rings is 1. The molecule has 9 heteroatoms. The zero-order chi connectivity index (χ0) is 19.7. The number of nitrogens with one attached hydrogen (secondary N) is 1. The van der Waals surface area contributed by atoms with Crippen LogP contribution in [0.2, 0.25) is 0 Å². The Labute approximate surface area is 159 Å². The number of amides is 2. The molecule has 0 atom stereocenters. The summed E-state index contributed by atoms with van der Waals surface area (Å²) >= 11 is 5.10. The minimum atomic E-state index is -1.14.